The second kappa shape index (κ2) is 3.81. The molecule has 0 N–H and O–H groups in total. The van der Waals surface area contributed by atoms with Crippen LogP contribution in [0.5, 0.6) is 0 Å². The molecule has 0 radical (unpaired) electrons. The monoisotopic (exact) mass is 204 g/mol. The predicted molar refractivity (Wildman–Crippen MR) is 66.7 cm³/mol. The standard InChI is InChI=1S/C15H24/c1-11(2)13-8-10-15(4)9-7-12(3)5-6-14(13)15/h6-7,11,13H,5,8-10H2,1-4H3/t13-,15+/m0/s1. The summed E-state index contributed by atoms with van der Waals surface area (Å²) in [5.41, 5.74) is 3.82. The van der Waals surface area contributed by atoms with Gasteiger partial charge in [0.15, 0.2) is 0 Å². The predicted octanol–water partition coefficient (Wildman–Crippen LogP) is 4.73. The SMILES string of the molecule is CC1=CC[C@]2(C)CC[C@@H](C(C)C)C2=CC1. The number of fused-ring (bicyclic) bond motifs is 1. The van der Waals surface area contributed by atoms with E-state index in [-0.39, 0.29) is 0 Å². The van der Waals surface area contributed by atoms with E-state index in [1.807, 2.05) is 0 Å². The van der Waals surface area contributed by atoms with E-state index in [9.17, 15) is 0 Å². The molecule has 0 nitrogen and oxygen atoms in total. The second-order valence-corrected chi connectivity index (χ2v) is 6.07. The third-order valence-electron chi connectivity index (χ3n) is 4.45. The van der Waals surface area contributed by atoms with Gasteiger partial charge in [0.05, 0.1) is 0 Å². The first-order valence-electron chi connectivity index (χ1n) is 6.39. The van der Waals surface area contributed by atoms with E-state index in [0.29, 0.717) is 5.41 Å². The smallest absolute Gasteiger partial charge is 0.00786 e. The largest absolute Gasteiger partial charge is 0.0844 e. The molecule has 2 aliphatic rings. The van der Waals surface area contributed by atoms with Crippen molar-refractivity contribution in [3.63, 3.8) is 0 Å². The van der Waals surface area contributed by atoms with Gasteiger partial charge >= 0.3 is 0 Å². The molecule has 0 aromatic heterocycles. The highest BCUT2D eigenvalue weighted by Gasteiger charge is 2.40. The zero-order chi connectivity index (χ0) is 11.1. The van der Waals surface area contributed by atoms with Crippen LogP contribution in [0.25, 0.3) is 0 Å². The van der Waals surface area contributed by atoms with Crippen LogP contribution in [0.2, 0.25) is 0 Å². The van der Waals surface area contributed by atoms with Crippen molar-refractivity contribution in [3.8, 4) is 0 Å². The molecule has 0 aromatic rings. The van der Waals surface area contributed by atoms with Gasteiger partial charge in [-0.15, -0.1) is 0 Å². The molecule has 0 aliphatic heterocycles. The molecule has 2 rings (SSSR count). The van der Waals surface area contributed by atoms with Gasteiger partial charge in [-0.25, -0.2) is 0 Å². The first-order chi connectivity index (χ1) is 7.03. The van der Waals surface area contributed by atoms with Crippen molar-refractivity contribution in [2.75, 3.05) is 0 Å². The van der Waals surface area contributed by atoms with Gasteiger partial charge < -0.3 is 0 Å². The summed E-state index contributed by atoms with van der Waals surface area (Å²) in [7, 11) is 0. The summed E-state index contributed by atoms with van der Waals surface area (Å²) < 4.78 is 0. The van der Waals surface area contributed by atoms with Crippen LogP contribution in [-0.2, 0) is 0 Å². The lowest BCUT2D eigenvalue weighted by Crippen LogP contribution is -2.16. The average Bonchev–Trinajstić information content (AvgIpc) is 2.43. The average molecular weight is 204 g/mol. The highest BCUT2D eigenvalue weighted by atomic mass is 14.4. The van der Waals surface area contributed by atoms with E-state index in [4.69, 9.17) is 0 Å². The molecule has 0 bridgehead atoms. The third kappa shape index (κ3) is 1.91. The van der Waals surface area contributed by atoms with Gasteiger partial charge in [-0.05, 0) is 49.9 Å². The second-order valence-electron chi connectivity index (χ2n) is 6.07. The molecule has 1 saturated carbocycles. The molecule has 0 spiro atoms. The first kappa shape index (κ1) is 11.0. The Morgan fingerprint density at radius 1 is 1.33 bits per heavy atom. The summed E-state index contributed by atoms with van der Waals surface area (Å²) in [4.78, 5) is 0. The van der Waals surface area contributed by atoms with Crippen molar-refractivity contribution >= 4 is 0 Å². The minimum Gasteiger partial charge on any atom is -0.0844 e. The minimum atomic E-state index is 0.493. The Morgan fingerprint density at radius 2 is 2.07 bits per heavy atom. The molecule has 0 heteroatoms. The summed E-state index contributed by atoms with van der Waals surface area (Å²) in [5, 5.41) is 0. The van der Waals surface area contributed by atoms with E-state index in [1.54, 1.807) is 11.1 Å². The van der Waals surface area contributed by atoms with E-state index in [2.05, 4.69) is 39.8 Å². The maximum absolute atomic E-state index is 2.54. The maximum atomic E-state index is 2.54. The van der Waals surface area contributed by atoms with Gasteiger partial charge in [-0.2, -0.15) is 0 Å². The third-order valence-corrected chi connectivity index (χ3v) is 4.45. The lowest BCUT2D eigenvalue weighted by Gasteiger charge is -2.27. The Kier molecular flexibility index (Phi) is 2.79. The zero-order valence-corrected chi connectivity index (χ0v) is 10.6. The van der Waals surface area contributed by atoms with Crippen molar-refractivity contribution in [1.82, 2.24) is 0 Å². The van der Waals surface area contributed by atoms with Crippen LogP contribution in [0.15, 0.2) is 23.3 Å². The van der Waals surface area contributed by atoms with Crippen molar-refractivity contribution in [1.29, 1.82) is 0 Å². The summed E-state index contributed by atoms with van der Waals surface area (Å²) in [6.45, 7) is 9.49. The fourth-order valence-electron chi connectivity index (χ4n) is 3.29. The normalized spacial score (nSPS) is 35.9. The summed E-state index contributed by atoms with van der Waals surface area (Å²) in [5.74, 6) is 1.67. The van der Waals surface area contributed by atoms with Crippen molar-refractivity contribution in [2.24, 2.45) is 17.3 Å². The lowest BCUT2D eigenvalue weighted by molar-refractivity contribution is 0.410. The molecular formula is C15H24. The Labute approximate surface area is 94.5 Å². The molecule has 2 aliphatic carbocycles. The number of allylic oxidation sites excluding steroid dienone is 4. The van der Waals surface area contributed by atoms with E-state index >= 15 is 0 Å². The van der Waals surface area contributed by atoms with E-state index < -0.39 is 0 Å². The summed E-state index contributed by atoms with van der Waals surface area (Å²) in [6.07, 6.45) is 10.3. The highest BCUT2D eigenvalue weighted by molar-refractivity contribution is 5.28. The molecule has 2 atom stereocenters. The van der Waals surface area contributed by atoms with Crippen LogP contribution in [0, 0.1) is 17.3 Å². The van der Waals surface area contributed by atoms with Crippen LogP contribution in [-0.4, -0.2) is 0 Å². The van der Waals surface area contributed by atoms with Crippen molar-refractivity contribution in [2.45, 2.75) is 53.4 Å². The van der Waals surface area contributed by atoms with Crippen LogP contribution in [0.4, 0.5) is 0 Å². The van der Waals surface area contributed by atoms with E-state index in [1.165, 1.54) is 25.7 Å². The van der Waals surface area contributed by atoms with Gasteiger partial charge in [0, 0.05) is 0 Å². The summed E-state index contributed by atoms with van der Waals surface area (Å²) in [6, 6.07) is 0. The van der Waals surface area contributed by atoms with Gasteiger partial charge in [0.2, 0.25) is 0 Å². The van der Waals surface area contributed by atoms with Crippen LogP contribution in [0.3, 0.4) is 0 Å². The Balaban J connectivity index is 2.30. The van der Waals surface area contributed by atoms with Gasteiger partial charge in [-0.3, -0.25) is 0 Å². The molecule has 0 amide bonds. The summed E-state index contributed by atoms with van der Waals surface area (Å²) >= 11 is 0. The lowest BCUT2D eigenvalue weighted by atomic mass is 9.78. The minimum absolute atomic E-state index is 0.493. The first-order valence-corrected chi connectivity index (χ1v) is 6.39. The fourth-order valence-corrected chi connectivity index (χ4v) is 3.29. The Morgan fingerprint density at radius 3 is 2.73 bits per heavy atom. The van der Waals surface area contributed by atoms with Crippen molar-refractivity contribution < 1.29 is 0 Å². The van der Waals surface area contributed by atoms with Crippen molar-refractivity contribution in [3.05, 3.63) is 23.3 Å². The molecule has 84 valence electrons. The van der Waals surface area contributed by atoms with Crippen LogP contribution < -0.4 is 0 Å². The Hall–Kier alpha value is -0.520. The van der Waals surface area contributed by atoms with Crippen LogP contribution >= 0.6 is 0 Å². The topological polar surface area (TPSA) is 0 Å². The van der Waals surface area contributed by atoms with Gasteiger partial charge in [0.25, 0.3) is 0 Å². The van der Waals surface area contributed by atoms with Gasteiger partial charge in [0.1, 0.15) is 0 Å². The number of rotatable bonds is 1. The molecular weight excluding hydrogens is 180 g/mol. The number of hydrogen-bond donors (Lipinski definition) is 0. The van der Waals surface area contributed by atoms with Crippen LogP contribution in [0.1, 0.15) is 53.4 Å². The van der Waals surface area contributed by atoms with E-state index in [0.717, 1.165) is 11.8 Å². The maximum Gasteiger partial charge on any atom is -0.00786 e. The molecule has 0 unspecified atom stereocenters. The molecule has 1 fully saturated rings. The molecule has 0 aromatic carbocycles. The fraction of sp³-hybridized carbons (Fsp3) is 0.733. The molecule has 0 saturated heterocycles. The van der Waals surface area contributed by atoms with Gasteiger partial charge in [-0.1, -0.05) is 44.1 Å². The zero-order valence-electron chi connectivity index (χ0n) is 10.6. The molecule has 15 heavy (non-hydrogen) atoms. The quantitative estimate of drug-likeness (QED) is 0.542. The number of hydrogen-bond acceptors (Lipinski definition) is 0. The Bertz CT molecular complexity index is 306. The highest BCUT2D eigenvalue weighted by Crippen LogP contribution is 2.52. The molecule has 0 heterocycles.